The van der Waals surface area contributed by atoms with Gasteiger partial charge in [0.25, 0.3) is 5.91 Å². The molecule has 42 heavy (non-hydrogen) atoms. The van der Waals surface area contributed by atoms with Crippen LogP contribution in [0, 0.1) is 0 Å². The minimum atomic E-state index is -3.83. The number of hydrogen-bond acceptors (Lipinski definition) is 7. The van der Waals surface area contributed by atoms with Crippen LogP contribution in [0.25, 0.3) is 22.5 Å². The first-order valence-electron chi connectivity index (χ1n) is 12.7. The topological polar surface area (TPSA) is 103 Å². The Balaban J connectivity index is 1.37. The van der Waals surface area contributed by atoms with Gasteiger partial charge in [-0.3, -0.25) is 14.5 Å². The second-order valence-electron chi connectivity index (χ2n) is 9.12. The summed E-state index contributed by atoms with van der Waals surface area (Å²) < 4.78 is 37.0. The van der Waals surface area contributed by atoms with Crippen molar-refractivity contribution in [2.45, 2.75) is 12.1 Å². The van der Waals surface area contributed by atoms with E-state index in [2.05, 4.69) is 30.4 Å². The maximum atomic E-state index is 13.1. The summed E-state index contributed by atoms with van der Waals surface area (Å²) in [6.45, 7) is 0.579. The van der Waals surface area contributed by atoms with Crippen LogP contribution in [0.1, 0.15) is 15.9 Å². The molecule has 3 heterocycles. The SMILES string of the molecule is COc1ccc(CNc2ccc(-c3cc(C(=O)Nc4ccc(OC(F)(F)Cl)cc4)cnc3-c3ccnn3C)cn2)cc1. The number of anilines is 2. The Morgan fingerprint density at radius 1 is 0.976 bits per heavy atom. The molecule has 3 aromatic heterocycles. The molecule has 214 valence electrons. The van der Waals surface area contributed by atoms with Crippen molar-refractivity contribution in [3.05, 3.63) is 103 Å². The number of hydrogen-bond donors (Lipinski definition) is 2. The number of nitrogens with zero attached hydrogens (tertiary/aromatic N) is 4. The number of halogens is 3. The molecular weight excluding hydrogens is 566 g/mol. The highest BCUT2D eigenvalue weighted by atomic mass is 35.5. The average Bonchev–Trinajstić information content (AvgIpc) is 3.42. The standard InChI is InChI=1S/C30H25ClF2N6O3/c1-39-26(13-14-37-39)28-25(20-5-12-27(35-17-20)34-16-19-3-8-23(41-2)9-4-19)15-21(18-36-28)29(40)38-22-6-10-24(11-7-22)42-30(31,32)33/h3-15,17-18H,16H2,1-2H3,(H,34,35)(H,38,40). The molecule has 0 aliphatic carbocycles. The maximum Gasteiger partial charge on any atom is 0.487 e. The van der Waals surface area contributed by atoms with Gasteiger partial charge in [-0.15, -0.1) is 8.78 Å². The van der Waals surface area contributed by atoms with Crippen LogP contribution in [0.4, 0.5) is 20.3 Å². The minimum absolute atomic E-state index is 0.146. The first-order valence-corrected chi connectivity index (χ1v) is 13.0. The molecule has 0 saturated heterocycles. The van der Waals surface area contributed by atoms with E-state index in [9.17, 15) is 13.6 Å². The Kier molecular flexibility index (Phi) is 8.30. The van der Waals surface area contributed by atoms with Crippen molar-refractivity contribution >= 4 is 29.0 Å². The van der Waals surface area contributed by atoms with E-state index in [1.54, 1.807) is 37.3 Å². The van der Waals surface area contributed by atoms with Crippen LogP contribution in [0.2, 0.25) is 0 Å². The van der Waals surface area contributed by atoms with E-state index >= 15 is 0 Å². The van der Waals surface area contributed by atoms with Crippen LogP contribution in [-0.2, 0) is 13.6 Å². The number of amides is 1. The lowest BCUT2D eigenvalue weighted by Gasteiger charge is -2.13. The van der Waals surface area contributed by atoms with E-state index in [4.69, 9.17) is 16.3 Å². The molecule has 0 saturated carbocycles. The Morgan fingerprint density at radius 2 is 1.71 bits per heavy atom. The molecule has 0 spiro atoms. The Bertz CT molecular complexity index is 1670. The zero-order valence-electron chi connectivity index (χ0n) is 22.5. The van der Waals surface area contributed by atoms with Gasteiger partial charge in [-0.2, -0.15) is 5.10 Å². The molecule has 5 aromatic rings. The Labute approximate surface area is 245 Å². The van der Waals surface area contributed by atoms with Gasteiger partial charge >= 0.3 is 5.57 Å². The molecule has 1 amide bonds. The van der Waals surface area contributed by atoms with Gasteiger partial charge in [0, 0.05) is 60.6 Å². The summed E-state index contributed by atoms with van der Waals surface area (Å²) in [5.41, 5.74) is 0.688. The van der Waals surface area contributed by atoms with Crippen molar-refractivity contribution in [2.75, 3.05) is 17.7 Å². The van der Waals surface area contributed by atoms with Crippen molar-refractivity contribution in [1.29, 1.82) is 0 Å². The number of benzene rings is 2. The lowest BCUT2D eigenvalue weighted by atomic mass is 10.0. The van der Waals surface area contributed by atoms with E-state index in [0.717, 1.165) is 22.6 Å². The van der Waals surface area contributed by atoms with Gasteiger partial charge in [0.1, 0.15) is 17.3 Å². The molecular formula is C30H25ClF2N6O3. The molecule has 12 heteroatoms. The van der Waals surface area contributed by atoms with Crippen LogP contribution in [0.3, 0.4) is 0 Å². The van der Waals surface area contributed by atoms with Gasteiger partial charge in [0.2, 0.25) is 0 Å². The third-order valence-corrected chi connectivity index (χ3v) is 6.34. The second kappa shape index (κ2) is 12.2. The second-order valence-corrected chi connectivity index (χ2v) is 9.56. The van der Waals surface area contributed by atoms with Crippen LogP contribution in [0.5, 0.6) is 11.5 Å². The molecule has 2 N–H and O–H groups in total. The van der Waals surface area contributed by atoms with Gasteiger partial charge in [-0.05, 0) is 66.2 Å². The van der Waals surface area contributed by atoms with E-state index in [0.29, 0.717) is 29.3 Å². The quantitative estimate of drug-likeness (QED) is 0.177. The fourth-order valence-corrected chi connectivity index (χ4v) is 4.25. The number of ether oxygens (including phenoxy) is 2. The highest BCUT2D eigenvalue weighted by Gasteiger charge is 2.27. The third kappa shape index (κ3) is 6.99. The van der Waals surface area contributed by atoms with Gasteiger partial charge in [0.15, 0.2) is 0 Å². The maximum absolute atomic E-state index is 13.1. The summed E-state index contributed by atoms with van der Waals surface area (Å²) in [5, 5.41) is 10.3. The molecule has 0 aliphatic rings. The first-order chi connectivity index (χ1) is 20.2. The molecule has 0 atom stereocenters. The molecule has 0 fully saturated rings. The number of aryl methyl sites for hydroxylation is 1. The number of rotatable bonds is 10. The molecule has 0 bridgehead atoms. The molecule has 0 unspecified atom stereocenters. The Morgan fingerprint density at radius 3 is 2.33 bits per heavy atom. The lowest BCUT2D eigenvalue weighted by Crippen LogP contribution is -2.16. The molecule has 0 radical (unpaired) electrons. The van der Waals surface area contributed by atoms with E-state index < -0.39 is 11.5 Å². The fraction of sp³-hybridized carbons (Fsp3) is 0.133. The van der Waals surface area contributed by atoms with Gasteiger partial charge in [0.05, 0.1) is 24.1 Å². The van der Waals surface area contributed by atoms with Crippen LogP contribution >= 0.6 is 11.6 Å². The predicted molar refractivity (Wildman–Crippen MR) is 156 cm³/mol. The summed E-state index contributed by atoms with van der Waals surface area (Å²) in [6, 6.07) is 20.5. The fourth-order valence-electron chi connectivity index (χ4n) is 4.16. The van der Waals surface area contributed by atoms with Crippen LogP contribution < -0.4 is 20.1 Å². The molecule has 2 aromatic carbocycles. The van der Waals surface area contributed by atoms with Gasteiger partial charge in [-0.1, -0.05) is 12.1 Å². The summed E-state index contributed by atoms with van der Waals surface area (Å²) in [6.07, 6.45) is 4.84. The molecule has 9 nitrogen and oxygen atoms in total. The summed E-state index contributed by atoms with van der Waals surface area (Å²) in [7, 11) is 3.43. The summed E-state index contributed by atoms with van der Waals surface area (Å²) in [4.78, 5) is 22.3. The average molecular weight is 591 g/mol. The van der Waals surface area contributed by atoms with Crippen molar-refractivity contribution in [1.82, 2.24) is 19.7 Å². The van der Waals surface area contributed by atoms with Crippen molar-refractivity contribution in [3.8, 4) is 34.0 Å². The zero-order chi connectivity index (χ0) is 29.7. The van der Waals surface area contributed by atoms with E-state index in [-0.39, 0.29) is 11.3 Å². The summed E-state index contributed by atoms with van der Waals surface area (Å²) in [5.74, 6) is 0.879. The van der Waals surface area contributed by atoms with Gasteiger partial charge < -0.3 is 20.1 Å². The van der Waals surface area contributed by atoms with E-state index in [1.165, 1.54) is 30.5 Å². The number of carbonyl (C=O) groups is 1. The monoisotopic (exact) mass is 590 g/mol. The van der Waals surface area contributed by atoms with Crippen molar-refractivity contribution in [2.24, 2.45) is 7.05 Å². The Hall–Kier alpha value is -5.03. The van der Waals surface area contributed by atoms with Crippen LogP contribution in [0.15, 0.2) is 91.4 Å². The lowest BCUT2D eigenvalue weighted by molar-refractivity contribution is -0.0964. The molecule has 5 rings (SSSR count). The van der Waals surface area contributed by atoms with Crippen molar-refractivity contribution < 1.29 is 23.0 Å². The van der Waals surface area contributed by atoms with E-state index in [1.807, 2.05) is 42.5 Å². The van der Waals surface area contributed by atoms with Crippen LogP contribution in [-0.4, -0.2) is 38.3 Å². The number of nitrogens with one attached hydrogen (secondary N) is 2. The highest BCUT2D eigenvalue weighted by molar-refractivity contribution is 6.20. The number of alkyl halides is 3. The normalized spacial score (nSPS) is 11.2. The minimum Gasteiger partial charge on any atom is -0.497 e. The molecule has 0 aliphatic heterocycles. The third-order valence-electron chi connectivity index (χ3n) is 6.27. The first kappa shape index (κ1) is 28.5. The predicted octanol–water partition coefficient (Wildman–Crippen LogP) is 6.59. The largest absolute Gasteiger partial charge is 0.497 e. The summed E-state index contributed by atoms with van der Waals surface area (Å²) >= 11 is 4.81. The number of pyridine rings is 2. The smallest absolute Gasteiger partial charge is 0.487 e. The highest BCUT2D eigenvalue weighted by Crippen LogP contribution is 2.32. The number of aromatic nitrogens is 4. The van der Waals surface area contributed by atoms with Gasteiger partial charge in [-0.25, -0.2) is 4.98 Å². The number of carbonyl (C=O) groups excluding carboxylic acids is 1. The van der Waals surface area contributed by atoms with Crippen molar-refractivity contribution in [3.63, 3.8) is 0 Å². The zero-order valence-corrected chi connectivity index (χ0v) is 23.3. The number of methoxy groups -OCH3 is 1.